The second kappa shape index (κ2) is 5.24. The summed E-state index contributed by atoms with van der Waals surface area (Å²) in [7, 11) is -3.22. The first-order valence-corrected chi connectivity index (χ1v) is 8.33. The highest BCUT2D eigenvalue weighted by Crippen LogP contribution is 2.32. The first kappa shape index (κ1) is 13.3. The molecule has 2 fully saturated rings. The average Bonchev–Trinajstić information content (AvgIpc) is 2.24. The molecule has 2 rings (SSSR count). The van der Waals surface area contributed by atoms with Crippen molar-refractivity contribution in [3.05, 3.63) is 0 Å². The first-order chi connectivity index (χ1) is 8.05. The van der Waals surface area contributed by atoms with E-state index in [0.717, 1.165) is 44.9 Å². The molecular weight excluding hydrogens is 238 g/mol. The molecule has 2 saturated carbocycles. The highest BCUT2D eigenvalue weighted by atomic mass is 32.2. The molecule has 5 heteroatoms. The molecule has 0 saturated heterocycles. The summed E-state index contributed by atoms with van der Waals surface area (Å²) in [5.41, 5.74) is -0.534. The van der Waals surface area contributed by atoms with E-state index in [-0.39, 0.29) is 12.4 Å². The summed E-state index contributed by atoms with van der Waals surface area (Å²) in [6.45, 7) is -0.0725. The van der Waals surface area contributed by atoms with Gasteiger partial charge in [-0.2, -0.15) is 0 Å². The molecule has 0 aromatic heterocycles. The van der Waals surface area contributed by atoms with E-state index in [1.54, 1.807) is 0 Å². The fraction of sp³-hybridized carbons (Fsp3) is 1.00. The van der Waals surface area contributed by atoms with E-state index >= 15 is 0 Å². The summed E-state index contributed by atoms with van der Waals surface area (Å²) in [5.74, 6) is 0.562. The Labute approximate surface area is 104 Å². The minimum Gasteiger partial charge on any atom is -0.394 e. The molecule has 0 heterocycles. The quantitative estimate of drug-likeness (QED) is 0.786. The molecule has 0 atom stereocenters. The van der Waals surface area contributed by atoms with Gasteiger partial charge in [0.1, 0.15) is 0 Å². The Morgan fingerprint density at radius 1 is 1.12 bits per heavy atom. The fourth-order valence-corrected chi connectivity index (χ4v) is 4.90. The fourth-order valence-electron chi connectivity index (χ4n) is 2.93. The van der Waals surface area contributed by atoms with E-state index in [1.807, 2.05) is 0 Å². The number of nitrogens with one attached hydrogen (secondary N) is 1. The van der Waals surface area contributed by atoms with E-state index in [2.05, 4.69) is 4.72 Å². The Morgan fingerprint density at radius 3 is 2.24 bits per heavy atom. The molecule has 100 valence electrons. The predicted molar refractivity (Wildman–Crippen MR) is 67.2 cm³/mol. The van der Waals surface area contributed by atoms with Gasteiger partial charge in [0.05, 0.1) is 17.9 Å². The van der Waals surface area contributed by atoms with E-state index in [4.69, 9.17) is 0 Å². The molecule has 17 heavy (non-hydrogen) atoms. The van der Waals surface area contributed by atoms with Crippen molar-refractivity contribution in [2.75, 3.05) is 12.4 Å². The maximum atomic E-state index is 12.0. The number of hydrogen-bond acceptors (Lipinski definition) is 3. The van der Waals surface area contributed by atoms with E-state index in [1.165, 1.54) is 6.42 Å². The van der Waals surface area contributed by atoms with Crippen LogP contribution in [0.15, 0.2) is 0 Å². The van der Waals surface area contributed by atoms with E-state index in [9.17, 15) is 13.5 Å². The lowest BCUT2D eigenvalue weighted by atomic mass is 9.78. The van der Waals surface area contributed by atoms with Gasteiger partial charge in [0.15, 0.2) is 0 Å². The number of hydrogen-bond donors (Lipinski definition) is 2. The molecule has 0 unspecified atom stereocenters. The predicted octanol–water partition coefficient (Wildman–Crippen LogP) is 1.40. The SMILES string of the molecule is O=S(=O)(CC1CCCCC1)NC1(CO)CCC1. The third kappa shape index (κ3) is 3.42. The van der Waals surface area contributed by atoms with E-state index in [0.29, 0.717) is 5.92 Å². The minimum absolute atomic E-state index is 0.0725. The molecule has 0 radical (unpaired) electrons. The molecule has 0 bridgehead atoms. The van der Waals surface area contributed by atoms with Crippen LogP contribution in [-0.4, -0.2) is 31.4 Å². The van der Waals surface area contributed by atoms with Gasteiger partial charge >= 0.3 is 0 Å². The second-order valence-electron chi connectivity index (χ2n) is 5.68. The lowest BCUT2D eigenvalue weighted by Crippen LogP contribution is -2.56. The van der Waals surface area contributed by atoms with Gasteiger partial charge < -0.3 is 5.11 Å². The van der Waals surface area contributed by atoms with Crippen LogP contribution >= 0.6 is 0 Å². The van der Waals surface area contributed by atoms with Crippen molar-refractivity contribution >= 4 is 10.0 Å². The summed E-state index contributed by atoms with van der Waals surface area (Å²) in [4.78, 5) is 0. The molecule has 0 aromatic carbocycles. The van der Waals surface area contributed by atoms with Gasteiger partial charge in [-0.25, -0.2) is 13.1 Å². The molecule has 0 aromatic rings. The Kier molecular flexibility index (Phi) is 4.10. The lowest BCUT2D eigenvalue weighted by Gasteiger charge is -2.40. The zero-order chi connectivity index (χ0) is 12.4. The molecule has 0 aliphatic heterocycles. The van der Waals surface area contributed by atoms with Gasteiger partial charge in [0, 0.05) is 0 Å². The zero-order valence-electron chi connectivity index (χ0n) is 10.3. The molecule has 0 spiro atoms. The third-order valence-corrected chi connectivity index (χ3v) is 5.82. The molecule has 2 aliphatic rings. The van der Waals surface area contributed by atoms with Gasteiger partial charge in [0.2, 0.25) is 10.0 Å². The van der Waals surface area contributed by atoms with Crippen LogP contribution in [0.25, 0.3) is 0 Å². The van der Waals surface area contributed by atoms with Gasteiger partial charge in [-0.15, -0.1) is 0 Å². The molecule has 2 N–H and O–H groups in total. The van der Waals surface area contributed by atoms with Crippen LogP contribution in [-0.2, 0) is 10.0 Å². The molecular formula is C12H23NO3S. The molecule has 4 nitrogen and oxygen atoms in total. The smallest absolute Gasteiger partial charge is 0.212 e. The number of sulfonamides is 1. The van der Waals surface area contributed by atoms with Crippen molar-refractivity contribution in [3.8, 4) is 0 Å². The minimum atomic E-state index is -3.22. The Balaban J connectivity index is 1.89. The summed E-state index contributed by atoms with van der Waals surface area (Å²) in [6.07, 6.45) is 8.18. The second-order valence-corrected chi connectivity index (χ2v) is 7.45. The Morgan fingerprint density at radius 2 is 1.76 bits per heavy atom. The van der Waals surface area contributed by atoms with Crippen molar-refractivity contribution in [2.45, 2.75) is 56.9 Å². The Hall–Kier alpha value is -0.130. The topological polar surface area (TPSA) is 66.4 Å². The Bertz CT molecular complexity index is 337. The summed E-state index contributed by atoms with van der Waals surface area (Å²) in [6, 6.07) is 0. The van der Waals surface area contributed by atoms with Gasteiger partial charge in [-0.1, -0.05) is 19.3 Å². The number of aliphatic hydroxyl groups excluding tert-OH is 1. The first-order valence-electron chi connectivity index (χ1n) is 6.68. The number of rotatable bonds is 5. The standard InChI is InChI=1S/C12H23NO3S/c14-10-12(7-4-8-12)13-17(15,16)9-11-5-2-1-3-6-11/h11,13-14H,1-10H2. The van der Waals surface area contributed by atoms with Crippen molar-refractivity contribution in [3.63, 3.8) is 0 Å². The van der Waals surface area contributed by atoms with Crippen molar-refractivity contribution in [2.24, 2.45) is 5.92 Å². The maximum Gasteiger partial charge on any atom is 0.212 e. The summed E-state index contributed by atoms with van der Waals surface area (Å²) in [5, 5.41) is 9.28. The van der Waals surface area contributed by atoms with Crippen LogP contribution in [0.5, 0.6) is 0 Å². The molecule has 0 amide bonds. The molecule has 2 aliphatic carbocycles. The van der Waals surface area contributed by atoms with Gasteiger partial charge in [-0.05, 0) is 38.0 Å². The van der Waals surface area contributed by atoms with Crippen LogP contribution in [0.1, 0.15) is 51.4 Å². The monoisotopic (exact) mass is 261 g/mol. The van der Waals surface area contributed by atoms with Crippen LogP contribution in [0, 0.1) is 5.92 Å². The average molecular weight is 261 g/mol. The van der Waals surface area contributed by atoms with Gasteiger partial charge in [-0.3, -0.25) is 0 Å². The van der Waals surface area contributed by atoms with Crippen LogP contribution in [0.2, 0.25) is 0 Å². The van der Waals surface area contributed by atoms with Crippen molar-refractivity contribution in [1.82, 2.24) is 4.72 Å². The summed E-state index contributed by atoms with van der Waals surface area (Å²) >= 11 is 0. The van der Waals surface area contributed by atoms with Gasteiger partial charge in [0.25, 0.3) is 0 Å². The largest absolute Gasteiger partial charge is 0.394 e. The van der Waals surface area contributed by atoms with Crippen LogP contribution < -0.4 is 4.72 Å². The highest BCUT2D eigenvalue weighted by molar-refractivity contribution is 7.89. The third-order valence-electron chi connectivity index (χ3n) is 4.17. The maximum absolute atomic E-state index is 12.0. The van der Waals surface area contributed by atoms with Crippen LogP contribution in [0.3, 0.4) is 0 Å². The highest BCUT2D eigenvalue weighted by Gasteiger charge is 2.40. The van der Waals surface area contributed by atoms with Crippen LogP contribution in [0.4, 0.5) is 0 Å². The lowest BCUT2D eigenvalue weighted by molar-refractivity contribution is 0.110. The normalized spacial score (nSPS) is 25.5. The number of aliphatic hydroxyl groups is 1. The van der Waals surface area contributed by atoms with E-state index < -0.39 is 15.6 Å². The zero-order valence-corrected chi connectivity index (χ0v) is 11.1. The van der Waals surface area contributed by atoms with Crippen molar-refractivity contribution < 1.29 is 13.5 Å². The van der Waals surface area contributed by atoms with Crippen molar-refractivity contribution in [1.29, 1.82) is 0 Å². The summed E-state index contributed by atoms with van der Waals surface area (Å²) < 4.78 is 26.8.